The fraction of sp³-hybridized carbons (Fsp3) is 0.333. The summed E-state index contributed by atoms with van der Waals surface area (Å²) in [6.07, 6.45) is 1.59. The fourth-order valence-corrected chi connectivity index (χ4v) is 1.87. The number of nitrogens with one attached hydrogen (secondary N) is 2. The number of furan rings is 1. The summed E-state index contributed by atoms with van der Waals surface area (Å²) in [5.41, 5.74) is 0.215. The van der Waals surface area contributed by atoms with Crippen LogP contribution in [-0.4, -0.2) is 45.1 Å². The molecule has 0 atom stereocenters. The zero-order chi connectivity index (χ0) is 14.8. The first-order valence-electron chi connectivity index (χ1n) is 6.36. The SMILES string of the molecule is O=C(NCc1ccc(C(=O)O)o1)c1cn(C2CNC2)nn1. The summed E-state index contributed by atoms with van der Waals surface area (Å²) >= 11 is 0. The molecule has 0 radical (unpaired) electrons. The van der Waals surface area contributed by atoms with Gasteiger partial charge >= 0.3 is 5.97 Å². The smallest absolute Gasteiger partial charge is 0.371 e. The first kappa shape index (κ1) is 13.3. The van der Waals surface area contributed by atoms with E-state index in [1.165, 1.54) is 12.1 Å². The van der Waals surface area contributed by atoms with E-state index >= 15 is 0 Å². The number of nitrogens with zero attached hydrogens (tertiary/aromatic N) is 3. The van der Waals surface area contributed by atoms with E-state index in [9.17, 15) is 9.59 Å². The molecule has 9 heteroatoms. The zero-order valence-electron chi connectivity index (χ0n) is 10.9. The van der Waals surface area contributed by atoms with E-state index in [-0.39, 0.29) is 29.9 Å². The lowest BCUT2D eigenvalue weighted by molar-refractivity contribution is 0.0660. The summed E-state index contributed by atoms with van der Waals surface area (Å²) in [6.45, 7) is 1.72. The van der Waals surface area contributed by atoms with Crippen LogP contribution in [0.25, 0.3) is 0 Å². The molecule has 0 aromatic carbocycles. The lowest BCUT2D eigenvalue weighted by Crippen LogP contribution is -2.43. The van der Waals surface area contributed by atoms with Gasteiger partial charge in [0.25, 0.3) is 5.91 Å². The normalized spacial score (nSPS) is 14.7. The molecule has 9 nitrogen and oxygen atoms in total. The van der Waals surface area contributed by atoms with Crippen LogP contribution in [0.4, 0.5) is 0 Å². The van der Waals surface area contributed by atoms with Gasteiger partial charge in [-0.3, -0.25) is 4.79 Å². The Bertz CT molecular complexity index is 673. The summed E-state index contributed by atoms with van der Waals surface area (Å²) in [7, 11) is 0. The van der Waals surface area contributed by atoms with Gasteiger partial charge in [0.1, 0.15) is 5.76 Å². The summed E-state index contributed by atoms with van der Waals surface area (Å²) in [5, 5.41) is 22.2. The molecular weight excluding hydrogens is 278 g/mol. The monoisotopic (exact) mass is 291 g/mol. The average molecular weight is 291 g/mol. The largest absolute Gasteiger partial charge is 0.475 e. The maximum absolute atomic E-state index is 11.9. The minimum Gasteiger partial charge on any atom is -0.475 e. The predicted molar refractivity (Wildman–Crippen MR) is 68.8 cm³/mol. The summed E-state index contributed by atoms with van der Waals surface area (Å²) in [6, 6.07) is 3.08. The van der Waals surface area contributed by atoms with Crippen molar-refractivity contribution in [2.24, 2.45) is 0 Å². The van der Waals surface area contributed by atoms with Crippen LogP contribution in [0.3, 0.4) is 0 Å². The number of rotatable bonds is 5. The zero-order valence-corrected chi connectivity index (χ0v) is 10.9. The molecule has 1 amide bonds. The molecule has 0 saturated carbocycles. The Labute approximate surface area is 118 Å². The van der Waals surface area contributed by atoms with Crippen LogP contribution in [0.1, 0.15) is 32.8 Å². The molecule has 1 aliphatic rings. The maximum Gasteiger partial charge on any atom is 0.371 e. The van der Waals surface area contributed by atoms with E-state index in [1.54, 1.807) is 10.9 Å². The highest BCUT2D eigenvalue weighted by atomic mass is 16.4. The molecule has 1 fully saturated rings. The summed E-state index contributed by atoms with van der Waals surface area (Å²) < 4.78 is 6.69. The van der Waals surface area contributed by atoms with Crippen molar-refractivity contribution >= 4 is 11.9 Å². The molecule has 3 rings (SSSR count). The van der Waals surface area contributed by atoms with Gasteiger partial charge < -0.3 is 20.2 Å². The number of aromatic nitrogens is 3. The van der Waals surface area contributed by atoms with Crippen molar-refractivity contribution < 1.29 is 19.1 Å². The first-order chi connectivity index (χ1) is 10.1. The van der Waals surface area contributed by atoms with Gasteiger partial charge in [-0.1, -0.05) is 5.21 Å². The lowest BCUT2D eigenvalue weighted by atomic mass is 10.2. The number of carbonyl (C=O) groups is 2. The standard InChI is InChI=1S/C12H13N5O4/c18-11(9-6-17(16-15-9)7-3-13-4-7)14-5-8-1-2-10(21-8)12(19)20/h1-2,6-7,13H,3-5H2,(H,14,18)(H,19,20). The van der Waals surface area contributed by atoms with E-state index in [0.717, 1.165) is 13.1 Å². The van der Waals surface area contributed by atoms with Crippen molar-refractivity contribution in [3.05, 3.63) is 35.5 Å². The third-order valence-electron chi connectivity index (χ3n) is 3.17. The molecule has 2 aromatic rings. The molecule has 3 heterocycles. The van der Waals surface area contributed by atoms with Crippen LogP contribution in [0.15, 0.2) is 22.7 Å². The summed E-state index contributed by atoms with van der Waals surface area (Å²) in [5.74, 6) is -1.34. The Morgan fingerprint density at radius 1 is 1.48 bits per heavy atom. The predicted octanol–water partition coefficient (Wildman–Crippen LogP) is -0.356. The van der Waals surface area contributed by atoms with Crippen molar-refractivity contribution in [1.82, 2.24) is 25.6 Å². The number of carboxylic acid groups (broad SMARTS) is 1. The van der Waals surface area contributed by atoms with Gasteiger partial charge in [0.15, 0.2) is 5.69 Å². The second kappa shape index (κ2) is 5.37. The van der Waals surface area contributed by atoms with Gasteiger partial charge in [-0.05, 0) is 12.1 Å². The highest BCUT2D eigenvalue weighted by molar-refractivity contribution is 5.91. The molecule has 21 heavy (non-hydrogen) atoms. The van der Waals surface area contributed by atoms with E-state index in [2.05, 4.69) is 20.9 Å². The van der Waals surface area contributed by atoms with E-state index in [4.69, 9.17) is 9.52 Å². The number of hydrogen-bond donors (Lipinski definition) is 3. The van der Waals surface area contributed by atoms with Crippen molar-refractivity contribution in [2.45, 2.75) is 12.6 Å². The van der Waals surface area contributed by atoms with Crippen molar-refractivity contribution in [1.29, 1.82) is 0 Å². The van der Waals surface area contributed by atoms with Crippen molar-refractivity contribution in [3.63, 3.8) is 0 Å². The maximum atomic E-state index is 11.9. The molecule has 0 spiro atoms. The Morgan fingerprint density at radius 3 is 2.90 bits per heavy atom. The van der Waals surface area contributed by atoms with Gasteiger partial charge in [-0.2, -0.15) is 0 Å². The van der Waals surface area contributed by atoms with E-state index < -0.39 is 5.97 Å². The molecule has 0 bridgehead atoms. The molecular formula is C12H13N5O4. The number of amides is 1. The molecule has 2 aromatic heterocycles. The number of carboxylic acids is 1. The summed E-state index contributed by atoms with van der Waals surface area (Å²) in [4.78, 5) is 22.6. The third-order valence-corrected chi connectivity index (χ3v) is 3.17. The van der Waals surface area contributed by atoms with Gasteiger partial charge in [-0.15, -0.1) is 5.10 Å². The van der Waals surface area contributed by atoms with Gasteiger partial charge in [0.2, 0.25) is 5.76 Å². The van der Waals surface area contributed by atoms with Crippen molar-refractivity contribution in [3.8, 4) is 0 Å². The van der Waals surface area contributed by atoms with Crippen LogP contribution in [0.2, 0.25) is 0 Å². The fourth-order valence-electron chi connectivity index (χ4n) is 1.87. The van der Waals surface area contributed by atoms with Gasteiger partial charge in [0.05, 0.1) is 18.8 Å². The van der Waals surface area contributed by atoms with E-state index in [1.807, 2.05) is 0 Å². The minimum absolute atomic E-state index is 0.0873. The second-order valence-corrected chi connectivity index (χ2v) is 4.65. The molecule has 110 valence electrons. The first-order valence-corrected chi connectivity index (χ1v) is 6.36. The highest BCUT2D eigenvalue weighted by Gasteiger charge is 2.21. The quantitative estimate of drug-likeness (QED) is 0.687. The number of hydrogen-bond acceptors (Lipinski definition) is 6. The Balaban J connectivity index is 1.57. The molecule has 0 unspecified atom stereocenters. The molecule has 3 N–H and O–H groups in total. The Morgan fingerprint density at radius 2 is 2.29 bits per heavy atom. The van der Waals surface area contributed by atoms with E-state index in [0.29, 0.717) is 5.76 Å². The van der Waals surface area contributed by atoms with Crippen LogP contribution >= 0.6 is 0 Å². The average Bonchev–Trinajstić information content (AvgIpc) is 3.02. The van der Waals surface area contributed by atoms with Gasteiger partial charge in [0, 0.05) is 13.1 Å². The third kappa shape index (κ3) is 2.77. The van der Waals surface area contributed by atoms with Crippen molar-refractivity contribution in [2.75, 3.05) is 13.1 Å². The van der Waals surface area contributed by atoms with Gasteiger partial charge in [-0.25, -0.2) is 9.48 Å². The van der Waals surface area contributed by atoms with Crippen LogP contribution in [0, 0.1) is 0 Å². The highest BCUT2D eigenvalue weighted by Crippen LogP contribution is 2.10. The number of aromatic carboxylic acids is 1. The minimum atomic E-state index is -1.15. The Kier molecular flexibility index (Phi) is 3.40. The topological polar surface area (TPSA) is 122 Å². The van der Waals surface area contributed by atoms with Crippen LogP contribution in [0.5, 0.6) is 0 Å². The number of carbonyl (C=O) groups excluding carboxylic acids is 1. The van der Waals surface area contributed by atoms with Crippen LogP contribution in [-0.2, 0) is 6.54 Å². The molecule has 1 saturated heterocycles. The lowest BCUT2D eigenvalue weighted by Gasteiger charge is -2.26. The second-order valence-electron chi connectivity index (χ2n) is 4.65. The molecule has 0 aliphatic carbocycles. The molecule has 1 aliphatic heterocycles. The van der Waals surface area contributed by atoms with Crippen LogP contribution < -0.4 is 10.6 Å². The Hall–Kier alpha value is -2.68.